The Kier molecular flexibility index (Phi) is 6.02. The molecule has 0 aliphatic rings. The zero-order chi connectivity index (χ0) is 20.9. The summed E-state index contributed by atoms with van der Waals surface area (Å²) in [7, 11) is 2.00. The molecule has 152 valence electrons. The van der Waals surface area contributed by atoms with Gasteiger partial charge in [-0.1, -0.05) is 35.9 Å². The number of anilines is 2. The summed E-state index contributed by atoms with van der Waals surface area (Å²) in [5.41, 5.74) is 4.89. The van der Waals surface area contributed by atoms with Crippen LogP contribution < -0.4 is 16.0 Å². The van der Waals surface area contributed by atoms with Crippen LogP contribution in [-0.2, 0) is 20.1 Å². The number of hydrogen-bond donors (Lipinski definition) is 3. The first-order valence-electron chi connectivity index (χ1n) is 9.74. The minimum Gasteiger partial charge on any atom is -0.351 e. The highest BCUT2D eigenvalue weighted by molar-refractivity contribution is 6.30. The summed E-state index contributed by atoms with van der Waals surface area (Å²) in [6.45, 7) is 1.45. The molecule has 1 heterocycles. The van der Waals surface area contributed by atoms with Gasteiger partial charge in [0, 0.05) is 53.6 Å². The van der Waals surface area contributed by atoms with Gasteiger partial charge in [0.1, 0.15) is 0 Å². The van der Waals surface area contributed by atoms with E-state index in [2.05, 4.69) is 16.0 Å². The van der Waals surface area contributed by atoms with Crippen molar-refractivity contribution < 1.29 is 4.79 Å². The molecule has 0 saturated heterocycles. The highest BCUT2D eigenvalue weighted by Crippen LogP contribution is 2.20. The van der Waals surface area contributed by atoms with Crippen LogP contribution in [0.3, 0.4) is 0 Å². The van der Waals surface area contributed by atoms with Gasteiger partial charge in [-0.05, 0) is 59.7 Å². The summed E-state index contributed by atoms with van der Waals surface area (Å²) >= 11 is 5.92. The Bertz CT molecular complexity index is 1170. The van der Waals surface area contributed by atoms with Crippen LogP contribution >= 0.6 is 11.6 Å². The van der Waals surface area contributed by atoms with Crippen molar-refractivity contribution in [3.63, 3.8) is 0 Å². The molecular formula is C24H23ClN4O. The van der Waals surface area contributed by atoms with Crippen LogP contribution in [0.4, 0.5) is 16.2 Å². The maximum Gasteiger partial charge on any atom is 0.323 e. The normalized spacial score (nSPS) is 10.9. The van der Waals surface area contributed by atoms with Crippen LogP contribution in [-0.4, -0.2) is 10.6 Å². The summed E-state index contributed by atoms with van der Waals surface area (Å²) in [5, 5.41) is 11.0. The fourth-order valence-electron chi connectivity index (χ4n) is 3.37. The third-order valence-electron chi connectivity index (χ3n) is 4.90. The maximum atomic E-state index is 12.4. The number of halogens is 1. The molecule has 4 rings (SSSR count). The number of aryl methyl sites for hydroxylation is 1. The number of fused-ring (bicyclic) bond motifs is 1. The third-order valence-corrected chi connectivity index (χ3v) is 5.15. The van der Waals surface area contributed by atoms with E-state index in [0.717, 1.165) is 39.4 Å². The van der Waals surface area contributed by atoms with Crippen molar-refractivity contribution in [3.05, 3.63) is 95.1 Å². The topological polar surface area (TPSA) is 58.1 Å². The van der Waals surface area contributed by atoms with Crippen molar-refractivity contribution in [2.24, 2.45) is 7.05 Å². The van der Waals surface area contributed by atoms with E-state index in [1.165, 1.54) is 5.56 Å². The van der Waals surface area contributed by atoms with Crippen molar-refractivity contribution in [1.82, 2.24) is 9.88 Å². The van der Waals surface area contributed by atoms with Gasteiger partial charge in [-0.25, -0.2) is 4.79 Å². The van der Waals surface area contributed by atoms with E-state index >= 15 is 0 Å². The Balaban J connectivity index is 1.32. The van der Waals surface area contributed by atoms with Crippen LogP contribution in [0.2, 0.25) is 5.02 Å². The van der Waals surface area contributed by atoms with E-state index in [1.807, 2.05) is 90.6 Å². The lowest BCUT2D eigenvalue weighted by Crippen LogP contribution is -2.19. The Morgan fingerprint density at radius 3 is 2.40 bits per heavy atom. The smallest absolute Gasteiger partial charge is 0.323 e. The van der Waals surface area contributed by atoms with Crippen LogP contribution in [0, 0.1) is 0 Å². The van der Waals surface area contributed by atoms with E-state index in [9.17, 15) is 4.79 Å². The summed E-state index contributed by atoms with van der Waals surface area (Å²) in [6.07, 6.45) is 2.00. The molecule has 0 atom stereocenters. The summed E-state index contributed by atoms with van der Waals surface area (Å²) in [5.74, 6) is 0. The molecule has 2 amide bonds. The van der Waals surface area contributed by atoms with Crippen molar-refractivity contribution in [3.8, 4) is 0 Å². The van der Waals surface area contributed by atoms with E-state index in [4.69, 9.17) is 11.6 Å². The number of carbonyl (C=O) groups is 1. The van der Waals surface area contributed by atoms with Gasteiger partial charge >= 0.3 is 6.03 Å². The maximum absolute atomic E-state index is 12.4. The number of hydrogen-bond acceptors (Lipinski definition) is 2. The lowest BCUT2D eigenvalue weighted by molar-refractivity contribution is 0.262. The predicted octanol–water partition coefficient (Wildman–Crippen LogP) is 5.77. The van der Waals surface area contributed by atoms with Gasteiger partial charge < -0.3 is 20.5 Å². The molecule has 3 aromatic carbocycles. The van der Waals surface area contributed by atoms with Crippen LogP contribution in [0.25, 0.3) is 10.9 Å². The van der Waals surface area contributed by atoms with Crippen LogP contribution in [0.15, 0.2) is 79.0 Å². The average molecular weight is 419 g/mol. The Morgan fingerprint density at radius 1 is 0.867 bits per heavy atom. The number of amides is 2. The van der Waals surface area contributed by atoms with Crippen LogP contribution in [0.1, 0.15) is 11.1 Å². The lowest BCUT2D eigenvalue weighted by atomic mass is 10.2. The molecule has 4 aromatic rings. The summed E-state index contributed by atoms with van der Waals surface area (Å²) in [4.78, 5) is 12.4. The molecule has 0 saturated carbocycles. The average Bonchev–Trinajstić information content (AvgIpc) is 3.10. The molecule has 5 nitrogen and oxygen atoms in total. The zero-order valence-electron chi connectivity index (χ0n) is 16.7. The second kappa shape index (κ2) is 9.03. The number of benzene rings is 3. The van der Waals surface area contributed by atoms with Crippen molar-refractivity contribution in [2.45, 2.75) is 13.1 Å². The number of carbonyl (C=O) groups excluding carboxylic acids is 1. The fraction of sp³-hybridized carbons (Fsp3) is 0.125. The lowest BCUT2D eigenvalue weighted by Gasteiger charge is -2.10. The molecule has 0 radical (unpaired) electrons. The molecular weight excluding hydrogens is 396 g/mol. The minimum absolute atomic E-state index is 0.267. The molecule has 3 N–H and O–H groups in total. The molecule has 0 aliphatic carbocycles. The van der Waals surface area contributed by atoms with Gasteiger partial charge in [0.05, 0.1) is 0 Å². The first kappa shape index (κ1) is 20.0. The molecule has 0 spiro atoms. The molecule has 30 heavy (non-hydrogen) atoms. The van der Waals surface area contributed by atoms with Gasteiger partial charge in [-0.2, -0.15) is 0 Å². The highest BCUT2D eigenvalue weighted by Gasteiger charge is 2.05. The molecule has 0 aliphatic heterocycles. The van der Waals surface area contributed by atoms with E-state index in [1.54, 1.807) is 0 Å². The second-order valence-corrected chi connectivity index (χ2v) is 7.65. The minimum atomic E-state index is -0.267. The van der Waals surface area contributed by atoms with E-state index in [0.29, 0.717) is 6.54 Å². The Hall–Kier alpha value is -3.28. The standard InChI is InChI=1S/C24H23ClN4O/c1-29-12-11-19-14-22(9-10-23(19)29)28-24(30)27-21-4-2-3-18(13-21)16-26-15-17-5-7-20(25)8-6-17/h2-14,26H,15-16H2,1H3,(H2,27,28,30). The number of nitrogens with zero attached hydrogens (tertiary/aromatic N) is 1. The first-order chi connectivity index (χ1) is 14.6. The number of rotatable bonds is 6. The Labute approximate surface area is 180 Å². The molecule has 1 aromatic heterocycles. The van der Waals surface area contributed by atoms with Crippen molar-refractivity contribution in [2.75, 3.05) is 10.6 Å². The van der Waals surface area contributed by atoms with E-state index in [-0.39, 0.29) is 6.03 Å². The van der Waals surface area contributed by atoms with Gasteiger partial charge in [0.15, 0.2) is 0 Å². The third kappa shape index (κ3) is 5.00. The first-order valence-corrected chi connectivity index (χ1v) is 10.1. The molecule has 0 fully saturated rings. The molecule has 6 heteroatoms. The molecule has 0 bridgehead atoms. The fourth-order valence-corrected chi connectivity index (χ4v) is 3.49. The number of aromatic nitrogens is 1. The van der Waals surface area contributed by atoms with Crippen LogP contribution in [0.5, 0.6) is 0 Å². The van der Waals surface area contributed by atoms with Gasteiger partial charge in [0.2, 0.25) is 0 Å². The van der Waals surface area contributed by atoms with Gasteiger partial charge in [-0.3, -0.25) is 0 Å². The van der Waals surface area contributed by atoms with Gasteiger partial charge in [0.25, 0.3) is 0 Å². The summed E-state index contributed by atoms with van der Waals surface area (Å²) < 4.78 is 2.05. The highest BCUT2D eigenvalue weighted by atomic mass is 35.5. The second-order valence-electron chi connectivity index (χ2n) is 7.21. The monoisotopic (exact) mass is 418 g/mol. The SMILES string of the molecule is Cn1ccc2cc(NC(=O)Nc3cccc(CNCc4ccc(Cl)cc4)c3)ccc21. The largest absolute Gasteiger partial charge is 0.351 e. The quantitative estimate of drug-likeness (QED) is 0.372. The number of nitrogens with one attached hydrogen (secondary N) is 3. The van der Waals surface area contributed by atoms with Crippen molar-refractivity contribution >= 4 is 39.9 Å². The zero-order valence-corrected chi connectivity index (χ0v) is 17.4. The summed E-state index contributed by atoms with van der Waals surface area (Å²) in [6, 6.07) is 23.2. The number of urea groups is 1. The van der Waals surface area contributed by atoms with E-state index < -0.39 is 0 Å². The van der Waals surface area contributed by atoms with Crippen molar-refractivity contribution in [1.29, 1.82) is 0 Å². The Morgan fingerprint density at radius 2 is 1.60 bits per heavy atom. The van der Waals surface area contributed by atoms with Gasteiger partial charge in [-0.15, -0.1) is 0 Å². The molecule has 0 unspecified atom stereocenters. The predicted molar refractivity (Wildman–Crippen MR) is 124 cm³/mol.